The van der Waals surface area contributed by atoms with Gasteiger partial charge in [0.25, 0.3) is 0 Å². The highest BCUT2D eigenvalue weighted by molar-refractivity contribution is 4.72. The molecule has 1 rings (SSSR count). The maximum absolute atomic E-state index is 2.56. The smallest absolute Gasteiger partial charge is 0.00897 e. The summed E-state index contributed by atoms with van der Waals surface area (Å²) in [6.07, 6.45) is 7.06. The summed E-state index contributed by atoms with van der Waals surface area (Å²) in [4.78, 5) is 2.56. The van der Waals surface area contributed by atoms with E-state index in [0.717, 1.165) is 12.0 Å². The molecular weight excluding hydrogens is 146 g/mol. The van der Waals surface area contributed by atoms with Gasteiger partial charge in [-0.25, -0.2) is 0 Å². The van der Waals surface area contributed by atoms with E-state index in [9.17, 15) is 0 Å². The van der Waals surface area contributed by atoms with Crippen LogP contribution in [0, 0.1) is 5.92 Å². The van der Waals surface area contributed by atoms with Crippen LogP contribution in [0.4, 0.5) is 0 Å². The van der Waals surface area contributed by atoms with Crippen molar-refractivity contribution in [2.45, 2.75) is 52.0 Å². The number of likely N-dealkylation sites (tertiary alicyclic amines) is 1. The molecule has 0 bridgehead atoms. The zero-order valence-corrected chi connectivity index (χ0v) is 8.84. The molecule has 1 heteroatoms. The Bertz CT molecular complexity index is 122. The van der Waals surface area contributed by atoms with Crippen LogP contribution in [0.25, 0.3) is 0 Å². The SMILES string of the molecule is CCC1CCCCC(C)CN1C. The molecule has 0 aromatic heterocycles. The van der Waals surface area contributed by atoms with Crippen molar-refractivity contribution < 1.29 is 0 Å². The van der Waals surface area contributed by atoms with Gasteiger partial charge in [-0.15, -0.1) is 0 Å². The molecule has 0 aromatic rings. The average molecular weight is 169 g/mol. The van der Waals surface area contributed by atoms with Crippen LogP contribution >= 0.6 is 0 Å². The Hall–Kier alpha value is -0.0400. The Kier molecular flexibility index (Phi) is 4.07. The fraction of sp³-hybridized carbons (Fsp3) is 1.00. The molecule has 0 aliphatic carbocycles. The maximum atomic E-state index is 2.56. The summed E-state index contributed by atoms with van der Waals surface area (Å²) in [5.41, 5.74) is 0. The topological polar surface area (TPSA) is 3.24 Å². The van der Waals surface area contributed by atoms with Gasteiger partial charge in [0.15, 0.2) is 0 Å². The highest BCUT2D eigenvalue weighted by Gasteiger charge is 2.17. The molecule has 12 heavy (non-hydrogen) atoms. The van der Waals surface area contributed by atoms with E-state index in [2.05, 4.69) is 25.8 Å². The molecule has 0 aromatic carbocycles. The highest BCUT2D eigenvalue weighted by atomic mass is 15.1. The van der Waals surface area contributed by atoms with Crippen molar-refractivity contribution >= 4 is 0 Å². The maximum Gasteiger partial charge on any atom is 0.00897 e. The van der Waals surface area contributed by atoms with E-state index in [1.165, 1.54) is 38.6 Å². The normalized spacial score (nSPS) is 34.2. The van der Waals surface area contributed by atoms with Gasteiger partial charge < -0.3 is 4.90 Å². The summed E-state index contributed by atoms with van der Waals surface area (Å²) in [7, 11) is 2.29. The zero-order chi connectivity index (χ0) is 8.97. The van der Waals surface area contributed by atoms with E-state index in [0.29, 0.717) is 0 Å². The lowest BCUT2D eigenvalue weighted by Gasteiger charge is -2.32. The van der Waals surface area contributed by atoms with Crippen LogP contribution < -0.4 is 0 Å². The summed E-state index contributed by atoms with van der Waals surface area (Å²) >= 11 is 0. The molecule has 1 heterocycles. The molecule has 0 radical (unpaired) electrons. The van der Waals surface area contributed by atoms with Crippen LogP contribution in [0.5, 0.6) is 0 Å². The Labute approximate surface area is 77.1 Å². The minimum Gasteiger partial charge on any atom is -0.303 e. The lowest BCUT2D eigenvalue weighted by atomic mass is 9.95. The van der Waals surface area contributed by atoms with E-state index in [1.807, 2.05) is 0 Å². The van der Waals surface area contributed by atoms with E-state index >= 15 is 0 Å². The first-order chi connectivity index (χ1) is 5.74. The van der Waals surface area contributed by atoms with Gasteiger partial charge in [-0.3, -0.25) is 0 Å². The van der Waals surface area contributed by atoms with Gasteiger partial charge >= 0.3 is 0 Å². The summed E-state index contributed by atoms with van der Waals surface area (Å²) in [6, 6.07) is 0.854. The van der Waals surface area contributed by atoms with Crippen molar-refractivity contribution in [2.24, 2.45) is 5.92 Å². The first-order valence-corrected chi connectivity index (χ1v) is 5.44. The van der Waals surface area contributed by atoms with E-state index in [4.69, 9.17) is 0 Å². The van der Waals surface area contributed by atoms with Crippen molar-refractivity contribution in [3.8, 4) is 0 Å². The van der Waals surface area contributed by atoms with Crippen LogP contribution in [0.1, 0.15) is 46.0 Å². The molecule has 1 nitrogen and oxygen atoms in total. The van der Waals surface area contributed by atoms with E-state index in [-0.39, 0.29) is 0 Å². The van der Waals surface area contributed by atoms with Crippen molar-refractivity contribution in [3.63, 3.8) is 0 Å². The quantitative estimate of drug-likeness (QED) is 0.583. The predicted octanol–water partition coefficient (Wildman–Crippen LogP) is 2.91. The molecule has 1 aliphatic heterocycles. The Morgan fingerprint density at radius 1 is 1.25 bits per heavy atom. The summed E-state index contributed by atoms with van der Waals surface area (Å²) in [6.45, 7) is 6.00. The van der Waals surface area contributed by atoms with Crippen LogP contribution in [-0.4, -0.2) is 24.5 Å². The first kappa shape index (κ1) is 10.0. The summed E-state index contributed by atoms with van der Waals surface area (Å²) in [5.74, 6) is 0.907. The van der Waals surface area contributed by atoms with Crippen molar-refractivity contribution in [2.75, 3.05) is 13.6 Å². The van der Waals surface area contributed by atoms with Gasteiger partial charge in [0, 0.05) is 12.6 Å². The van der Waals surface area contributed by atoms with Crippen molar-refractivity contribution in [1.82, 2.24) is 4.90 Å². The average Bonchev–Trinajstić information content (AvgIpc) is 2.01. The van der Waals surface area contributed by atoms with Crippen LogP contribution in [-0.2, 0) is 0 Å². The molecule has 0 saturated carbocycles. The minimum atomic E-state index is 0.854. The van der Waals surface area contributed by atoms with Crippen LogP contribution in [0.2, 0.25) is 0 Å². The lowest BCUT2D eigenvalue weighted by Crippen LogP contribution is -2.35. The lowest BCUT2D eigenvalue weighted by molar-refractivity contribution is 0.172. The van der Waals surface area contributed by atoms with Crippen molar-refractivity contribution in [1.29, 1.82) is 0 Å². The fourth-order valence-corrected chi connectivity index (χ4v) is 2.34. The van der Waals surface area contributed by atoms with Gasteiger partial charge in [0.1, 0.15) is 0 Å². The van der Waals surface area contributed by atoms with E-state index in [1.54, 1.807) is 0 Å². The molecule has 72 valence electrons. The molecule has 1 aliphatic rings. The molecule has 0 N–H and O–H groups in total. The Morgan fingerprint density at radius 3 is 2.58 bits per heavy atom. The third kappa shape index (κ3) is 2.78. The van der Waals surface area contributed by atoms with Gasteiger partial charge in [0.05, 0.1) is 0 Å². The van der Waals surface area contributed by atoms with Gasteiger partial charge in [-0.05, 0) is 32.2 Å². The number of nitrogens with zero attached hydrogens (tertiary/aromatic N) is 1. The molecular formula is C11H23N. The monoisotopic (exact) mass is 169 g/mol. The Morgan fingerprint density at radius 2 is 1.92 bits per heavy atom. The van der Waals surface area contributed by atoms with Gasteiger partial charge in [-0.2, -0.15) is 0 Å². The third-order valence-electron chi connectivity index (χ3n) is 3.18. The number of rotatable bonds is 1. The zero-order valence-electron chi connectivity index (χ0n) is 8.84. The van der Waals surface area contributed by atoms with Gasteiger partial charge in [0.2, 0.25) is 0 Å². The molecule has 0 spiro atoms. The second-order valence-electron chi connectivity index (χ2n) is 4.39. The second-order valence-corrected chi connectivity index (χ2v) is 4.39. The third-order valence-corrected chi connectivity index (χ3v) is 3.18. The summed E-state index contributed by atoms with van der Waals surface area (Å²) < 4.78 is 0. The van der Waals surface area contributed by atoms with Gasteiger partial charge in [-0.1, -0.05) is 26.7 Å². The summed E-state index contributed by atoms with van der Waals surface area (Å²) in [5, 5.41) is 0. The molecule has 2 unspecified atom stereocenters. The molecule has 0 amide bonds. The molecule has 2 atom stereocenters. The number of hydrogen-bond acceptors (Lipinski definition) is 1. The fourth-order valence-electron chi connectivity index (χ4n) is 2.34. The highest BCUT2D eigenvalue weighted by Crippen LogP contribution is 2.20. The second kappa shape index (κ2) is 4.86. The van der Waals surface area contributed by atoms with Crippen LogP contribution in [0.15, 0.2) is 0 Å². The predicted molar refractivity (Wildman–Crippen MR) is 54.3 cm³/mol. The van der Waals surface area contributed by atoms with Crippen LogP contribution in [0.3, 0.4) is 0 Å². The Balaban J connectivity index is 2.42. The molecule has 1 fully saturated rings. The first-order valence-electron chi connectivity index (χ1n) is 5.44. The minimum absolute atomic E-state index is 0.854. The molecule has 1 saturated heterocycles. The van der Waals surface area contributed by atoms with E-state index < -0.39 is 0 Å². The standard InChI is InChI=1S/C11H23N/c1-4-11-8-6-5-7-10(2)9-12(11)3/h10-11H,4-9H2,1-3H3. The largest absolute Gasteiger partial charge is 0.303 e. The number of hydrogen-bond donors (Lipinski definition) is 0. The van der Waals surface area contributed by atoms with Crippen molar-refractivity contribution in [3.05, 3.63) is 0 Å².